The third kappa shape index (κ3) is 2.21. The Morgan fingerprint density at radius 1 is 1.47 bits per heavy atom. The molecule has 0 radical (unpaired) electrons. The molecule has 6 nitrogen and oxygen atoms in total. The van der Waals surface area contributed by atoms with E-state index >= 15 is 0 Å². The SMILES string of the molecule is CNNC(=O)C(C)c1ccc2oc(=O)[nH]c2c1. The Kier molecular flexibility index (Phi) is 2.97. The highest BCUT2D eigenvalue weighted by Gasteiger charge is 2.15. The third-order valence-corrected chi connectivity index (χ3v) is 2.58. The lowest BCUT2D eigenvalue weighted by Crippen LogP contribution is -2.37. The van der Waals surface area contributed by atoms with E-state index < -0.39 is 5.76 Å². The molecule has 2 rings (SSSR count). The van der Waals surface area contributed by atoms with E-state index in [1.54, 1.807) is 32.2 Å². The fourth-order valence-corrected chi connectivity index (χ4v) is 1.62. The smallest absolute Gasteiger partial charge is 0.408 e. The first-order valence-electron chi connectivity index (χ1n) is 5.21. The maximum absolute atomic E-state index is 11.6. The number of rotatable bonds is 3. The van der Waals surface area contributed by atoms with Gasteiger partial charge in [0.25, 0.3) is 0 Å². The molecule has 1 aromatic heterocycles. The molecule has 0 saturated heterocycles. The third-order valence-electron chi connectivity index (χ3n) is 2.58. The van der Waals surface area contributed by atoms with Crippen LogP contribution in [0.4, 0.5) is 0 Å². The summed E-state index contributed by atoms with van der Waals surface area (Å²) in [4.78, 5) is 25.2. The van der Waals surface area contributed by atoms with Crippen LogP contribution in [0.5, 0.6) is 0 Å². The Labute approximate surface area is 97.0 Å². The average molecular weight is 235 g/mol. The second kappa shape index (κ2) is 4.42. The number of carbonyl (C=O) groups is 1. The molecule has 1 aromatic carbocycles. The summed E-state index contributed by atoms with van der Waals surface area (Å²) in [7, 11) is 1.63. The van der Waals surface area contributed by atoms with E-state index in [1.807, 2.05) is 0 Å². The van der Waals surface area contributed by atoms with Crippen molar-refractivity contribution in [2.75, 3.05) is 7.05 Å². The van der Waals surface area contributed by atoms with Crippen LogP contribution in [0.15, 0.2) is 27.4 Å². The van der Waals surface area contributed by atoms with Crippen LogP contribution < -0.4 is 16.6 Å². The number of oxazole rings is 1. The zero-order valence-corrected chi connectivity index (χ0v) is 9.53. The second-order valence-corrected chi connectivity index (χ2v) is 3.73. The monoisotopic (exact) mass is 235 g/mol. The van der Waals surface area contributed by atoms with Gasteiger partial charge in [0.05, 0.1) is 11.4 Å². The Balaban J connectivity index is 2.35. The van der Waals surface area contributed by atoms with Gasteiger partial charge in [-0.05, 0) is 24.6 Å². The quantitative estimate of drug-likeness (QED) is 0.675. The number of aromatic amines is 1. The van der Waals surface area contributed by atoms with E-state index in [4.69, 9.17) is 4.42 Å². The topological polar surface area (TPSA) is 87.1 Å². The molecule has 0 saturated carbocycles. The Hall–Kier alpha value is -2.08. The molecule has 90 valence electrons. The molecule has 6 heteroatoms. The molecule has 0 spiro atoms. The highest BCUT2D eigenvalue weighted by atomic mass is 16.4. The van der Waals surface area contributed by atoms with Crippen molar-refractivity contribution in [3.63, 3.8) is 0 Å². The van der Waals surface area contributed by atoms with Gasteiger partial charge < -0.3 is 4.42 Å². The minimum atomic E-state index is -0.496. The standard InChI is InChI=1S/C11H13N3O3/c1-6(10(15)14-12-2)7-3-4-9-8(5-7)13-11(16)17-9/h3-6,12H,1-2H3,(H,13,16)(H,14,15). The van der Waals surface area contributed by atoms with Crippen molar-refractivity contribution in [2.24, 2.45) is 0 Å². The molecule has 1 unspecified atom stereocenters. The van der Waals surface area contributed by atoms with Crippen LogP contribution in [-0.4, -0.2) is 17.9 Å². The fourth-order valence-electron chi connectivity index (χ4n) is 1.62. The highest BCUT2D eigenvalue weighted by Crippen LogP contribution is 2.19. The van der Waals surface area contributed by atoms with Crippen molar-refractivity contribution in [3.05, 3.63) is 34.3 Å². The average Bonchev–Trinajstić information content (AvgIpc) is 2.67. The largest absolute Gasteiger partial charge is 0.417 e. The van der Waals surface area contributed by atoms with Crippen molar-refractivity contribution in [2.45, 2.75) is 12.8 Å². The molecule has 3 N–H and O–H groups in total. The maximum Gasteiger partial charge on any atom is 0.417 e. The number of aromatic nitrogens is 1. The summed E-state index contributed by atoms with van der Waals surface area (Å²) >= 11 is 0. The van der Waals surface area contributed by atoms with Gasteiger partial charge in [0.1, 0.15) is 0 Å². The normalized spacial score (nSPS) is 12.6. The number of hydrogen-bond donors (Lipinski definition) is 3. The summed E-state index contributed by atoms with van der Waals surface area (Å²) in [6.45, 7) is 1.78. The maximum atomic E-state index is 11.6. The van der Waals surface area contributed by atoms with Gasteiger partial charge in [-0.15, -0.1) is 0 Å². The van der Waals surface area contributed by atoms with E-state index in [1.165, 1.54) is 0 Å². The van der Waals surface area contributed by atoms with E-state index in [-0.39, 0.29) is 11.8 Å². The predicted octanol–water partition coefficient (Wildman–Crippen LogP) is 0.475. The fraction of sp³-hybridized carbons (Fsp3) is 0.273. The summed E-state index contributed by atoms with van der Waals surface area (Å²) in [6.07, 6.45) is 0. The molecule has 0 aliphatic rings. The number of amides is 1. The summed E-state index contributed by atoms with van der Waals surface area (Å²) in [5, 5.41) is 0. The molecule has 1 atom stereocenters. The summed E-state index contributed by atoms with van der Waals surface area (Å²) in [5.74, 6) is -0.951. The molecule has 0 fully saturated rings. The van der Waals surface area contributed by atoms with Gasteiger partial charge in [-0.3, -0.25) is 15.2 Å². The molecule has 0 bridgehead atoms. The first kappa shape index (κ1) is 11.4. The molecule has 17 heavy (non-hydrogen) atoms. The zero-order valence-electron chi connectivity index (χ0n) is 9.53. The summed E-state index contributed by atoms with van der Waals surface area (Å²) < 4.78 is 4.89. The molecule has 1 amide bonds. The van der Waals surface area contributed by atoms with Crippen molar-refractivity contribution in [1.82, 2.24) is 15.8 Å². The minimum absolute atomic E-state index is 0.141. The number of fused-ring (bicyclic) bond motifs is 1. The van der Waals surface area contributed by atoms with Crippen molar-refractivity contribution in [1.29, 1.82) is 0 Å². The zero-order chi connectivity index (χ0) is 12.4. The molecular formula is C11H13N3O3. The van der Waals surface area contributed by atoms with Gasteiger partial charge in [-0.2, -0.15) is 0 Å². The van der Waals surface area contributed by atoms with Crippen LogP contribution in [0.1, 0.15) is 18.4 Å². The van der Waals surface area contributed by atoms with E-state index in [2.05, 4.69) is 15.8 Å². The lowest BCUT2D eigenvalue weighted by Gasteiger charge is -2.11. The molecule has 2 aromatic rings. The number of benzene rings is 1. The van der Waals surface area contributed by atoms with Gasteiger partial charge in [-0.25, -0.2) is 10.2 Å². The first-order chi connectivity index (χ1) is 8.11. The number of nitrogens with one attached hydrogen (secondary N) is 3. The van der Waals surface area contributed by atoms with Crippen LogP contribution in [0.3, 0.4) is 0 Å². The van der Waals surface area contributed by atoms with Crippen molar-refractivity contribution >= 4 is 17.0 Å². The lowest BCUT2D eigenvalue weighted by molar-refractivity contribution is -0.123. The van der Waals surface area contributed by atoms with Crippen LogP contribution in [0.2, 0.25) is 0 Å². The molecule has 0 aliphatic carbocycles. The Bertz CT molecular complexity index is 599. The van der Waals surface area contributed by atoms with E-state index in [9.17, 15) is 9.59 Å². The molecule has 1 heterocycles. The predicted molar refractivity (Wildman–Crippen MR) is 62.5 cm³/mol. The van der Waals surface area contributed by atoms with Crippen LogP contribution in [-0.2, 0) is 4.79 Å². The van der Waals surface area contributed by atoms with Gasteiger partial charge in [0, 0.05) is 7.05 Å². The van der Waals surface area contributed by atoms with Crippen LogP contribution in [0, 0.1) is 0 Å². The second-order valence-electron chi connectivity index (χ2n) is 3.73. The first-order valence-corrected chi connectivity index (χ1v) is 5.21. The lowest BCUT2D eigenvalue weighted by atomic mass is 10.0. The van der Waals surface area contributed by atoms with Crippen molar-refractivity contribution in [3.8, 4) is 0 Å². The Morgan fingerprint density at radius 2 is 2.24 bits per heavy atom. The number of carbonyl (C=O) groups excluding carboxylic acids is 1. The highest BCUT2D eigenvalue weighted by molar-refractivity contribution is 5.84. The van der Waals surface area contributed by atoms with E-state index in [0.717, 1.165) is 5.56 Å². The van der Waals surface area contributed by atoms with Crippen LogP contribution in [0.25, 0.3) is 11.1 Å². The summed E-state index contributed by atoms with van der Waals surface area (Å²) in [6, 6.07) is 5.17. The summed E-state index contributed by atoms with van der Waals surface area (Å²) in [5.41, 5.74) is 6.98. The van der Waals surface area contributed by atoms with Gasteiger partial charge in [0.2, 0.25) is 5.91 Å². The number of H-pyrrole nitrogens is 1. The Morgan fingerprint density at radius 3 is 2.94 bits per heavy atom. The number of hydrazine groups is 1. The van der Waals surface area contributed by atoms with E-state index in [0.29, 0.717) is 11.1 Å². The number of hydrogen-bond acceptors (Lipinski definition) is 4. The van der Waals surface area contributed by atoms with Crippen LogP contribution >= 0.6 is 0 Å². The van der Waals surface area contributed by atoms with Gasteiger partial charge >= 0.3 is 5.76 Å². The van der Waals surface area contributed by atoms with Crippen molar-refractivity contribution < 1.29 is 9.21 Å². The molecule has 0 aliphatic heterocycles. The van der Waals surface area contributed by atoms with Gasteiger partial charge in [-0.1, -0.05) is 6.07 Å². The van der Waals surface area contributed by atoms with Gasteiger partial charge in [0.15, 0.2) is 5.58 Å². The molecular weight excluding hydrogens is 222 g/mol. The minimum Gasteiger partial charge on any atom is -0.408 e.